The molecule has 0 amide bonds. The van der Waals surface area contributed by atoms with Crippen LogP contribution in [0, 0.1) is 4.77 Å². The second-order valence-electron chi connectivity index (χ2n) is 3.66. The smallest absolute Gasteiger partial charge is 0.256 e. The summed E-state index contributed by atoms with van der Waals surface area (Å²) < 4.78 is 36.9. The van der Waals surface area contributed by atoms with Crippen LogP contribution in [0.15, 0.2) is 12.1 Å². The highest BCUT2D eigenvalue weighted by molar-refractivity contribution is 7.71. The van der Waals surface area contributed by atoms with E-state index in [1.807, 2.05) is 0 Å². The van der Waals surface area contributed by atoms with Gasteiger partial charge in [0.15, 0.2) is 16.3 Å². The van der Waals surface area contributed by atoms with Crippen molar-refractivity contribution in [3.63, 3.8) is 0 Å². The van der Waals surface area contributed by atoms with Gasteiger partial charge in [-0.1, -0.05) is 0 Å². The highest BCUT2D eigenvalue weighted by Crippen LogP contribution is 2.32. The van der Waals surface area contributed by atoms with Crippen molar-refractivity contribution in [3.8, 4) is 11.5 Å². The van der Waals surface area contributed by atoms with Gasteiger partial charge in [-0.3, -0.25) is 0 Å². The van der Waals surface area contributed by atoms with Crippen molar-refractivity contribution in [3.05, 3.63) is 16.9 Å². The van der Waals surface area contributed by atoms with Gasteiger partial charge in [-0.25, -0.2) is 8.78 Å². The number of aromatic nitrogens is 2. The lowest BCUT2D eigenvalue weighted by atomic mass is 10.2. The molecule has 0 bridgehead atoms. The molecule has 1 N–H and O–H groups in total. The Labute approximate surface area is 107 Å². The number of hydrogen-bond acceptors (Lipinski definition) is 3. The molecular weight excluding hydrogens is 262 g/mol. The zero-order valence-corrected chi connectivity index (χ0v) is 10.7. The first-order valence-electron chi connectivity index (χ1n) is 5.19. The summed E-state index contributed by atoms with van der Waals surface area (Å²) in [4.78, 5) is 2.87. The Hall–Kier alpha value is -1.63. The lowest BCUT2D eigenvalue weighted by Gasteiger charge is -2.08. The van der Waals surface area contributed by atoms with E-state index in [-0.39, 0.29) is 4.77 Å². The van der Waals surface area contributed by atoms with Crippen molar-refractivity contribution in [1.82, 2.24) is 9.55 Å². The average molecular weight is 274 g/mol. The molecule has 0 unspecified atom stereocenters. The van der Waals surface area contributed by atoms with Crippen molar-refractivity contribution in [2.45, 2.75) is 13.0 Å². The molecule has 0 aliphatic rings. The van der Waals surface area contributed by atoms with Crippen LogP contribution < -0.4 is 9.47 Å². The van der Waals surface area contributed by atoms with Crippen molar-refractivity contribution < 1.29 is 18.3 Å². The number of benzene rings is 1. The zero-order valence-electron chi connectivity index (χ0n) is 9.87. The van der Waals surface area contributed by atoms with Crippen LogP contribution in [-0.2, 0) is 6.54 Å². The van der Waals surface area contributed by atoms with Gasteiger partial charge in [0.1, 0.15) is 0 Å². The monoisotopic (exact) mass is 274 g/mol. The summed E-state index contributed by atoms with van der Waals surface area (Å²) in [6.07, 6.45) is -2.47. The van der Waals surface area contributed by atoms with E-state index in [1.54, 1.807) is 12.1 Å². The van der Waals surface area contributed by atoms with Gasteiger partial charge in [-0.05, 0) is 12.2 Å². The molecule has 0 aliphatic heterocycles. The number of imidazole rings is 1. The third-order valence-electron chi connectivity index (χ3n) is 2.60. The maximum absolute atomic E-state index is 12.5. The molecule has 0 saturated heterocycles. The van der Waals surface area contributed by atoms with Crippen LogP contribution in [0.4, 0.5) is 8.78 Å². The fourth-order valence-corrected chi connectivity index (χ4v) is 2.09. The maximum Gasteiger partial charge on any atom is 0.256 e. The highest BCUT2D eigenvalue weighted by atomic mass is 32.1. The topological polar surface area (TPSA) is 39.2 Å². The normalized spacial score (nSPS) is 11.2. The molecule has 18 heavy (non-hydrogen) atoms. The predicted octanol–water partition coefficient (Wildman–Crippen LogP) is 2.98. The van der Waals surface area contributed by atoms with Gasteiger partial charge in [0, 0.05) is 12.1 Å². The number of aromatic amines is 1. The van der Waals surface area contributed by atoms with Crippen molar-refractivity contribution in [1.29, 1.82) is 0 Å². The number of halogens is 2. The van der Waals surface area contributed by atoms with E-state index in [2.05, 4.69) is 4.98 Å². The number of H-pyrrole nitrogens is 1. The number of ether oxygens (including phenoxy) is 2. The second kappa shape index (κ2) is 4.93. The van der Waals surface area contributed by atoms with Crippen LogP contribution in [0.5, 0.6) is 11.5 Å². The molecule has 0 atom stereocenters. The standard InChI is InChI=1S/C11H12F2N2O2S/c1-16-8-3-6-7(4-9(8)17-2)15(5-10(12)13)11(18)14-6/h3-4,10H,5H2,1-2H3,(H,14,18). The van der Waals surface area contributed by atoms with Gasteiger partial charge in [0.05, 0.1) is 31.8 Å². The van der Waals surface area contributed by atoms with Crippen molar-refractivity contribution in [2.75, 3.05) is 14.2 Å². The minimum atomic E-state index is -2.47. The van der Waals surface area contributed by atoms with Gasteiger partial charge in [0.25, 0.3) is 6.43 Å². The molecule has 0 spiro atoms. The molecule has 0 fully saturated rings. The van der Waals surface area contributed by atoms with Crippen LogP contribution in [-0.4, -0.2) is 30.2 Å². The Bertz CT molecular complexity index is 621. The summed E-state index contributed by atoms with van der Waals surface area (Å²) in [6.45, 7) is -0.450. The largest absolute Gasteiger partial charge is 0.493 e. The Morgan fingerprint density at radius 1 is 1.28 bits per heavy atom. The molecule has 1 heterocycles. The molecule has 1 aromatic heterocycles. The first-order valence-corrected chi connectivity index (χ1v) is 5.60. The molecule has 0 saturated carbocycles. The SMILES string of the molecule is COc1cc2[nH]c(=S)n(CC(F)F)c2cc1OC. The van der Waals surface area contributed by atoms with Crippen LogP contribution in [0.1, 0.15) is 0 Å². The van der Waals surface area contributed by atoms with Crippen LogP contribution in [0.2, 0.25) is 0 Å². The minimum Gasteiger partial charge on any atom is -0.493 e. The summed E-state index contributed by atoms with van der Waals surface area (Å²) in [7, 11) is 3.00. The maximum atomic E-state index is 12.5. The third-order valence-corrected chi connectivity index (χ3v) is 2.92. The molecule has 98 valence electrons. The first-order chi connectivity index (χ1) is 8.56. The number of nitrogens with one attached hydrogen (secondary N) is 1. The van der Waals surface area contributed by atoms with Crippen LogP contribution in [0.25, 0.3) is 11.0 Å². The minimum absolute atomic E-state index is 0.251. The van der Waals surface area contributed by atoms with Gasteiger partial charge < -0.3 is 19.0 Å². The summed E-state index contributed by atoms with van der Waals surface area (Å²) >= 11 is 5.02. The van der Waals surface area contributed by atoms with E-state index >= 15 is 0 Å². The molecule has 2 rings (SSSR count). The number of nitrogens with zero attached hydrogens (tertiary/aromatic N) is 1. The second-order valence-corrected chi connectivity index (χ2v) is 4.04. The zero-order chi connectivity index (χ0) is 13.3. The first kappa shape index (κ1) is 12.8. The molecule has 0 aliphatic carbocycles. The molecule has 2 aromatic rings. The summed E-state index contributed by atoms with van der Waals surface area (Å²) in [6, 6.07) is 3.30. The molecular formula is C11H12F2N2O2S. The fourth-order valence-electron chi connectivity index (χ4n) is 1.80. The quantitative estimate of drug-likeness (QED) is 0.871. The highest BCUT2D eigenvalue weighted by Gasteiger charge is 2.13. The van der Waals surface area contributed by atoms with Gasteiger partial charge in [0.2, 0.25) is 0 Å². The van der Waals surface area contributed by atoms with Crippen molar-refractivity contribution >= 4 is 23.3 Å². The van der Waals surface area contributed by atoms with E-state index in [0.717, 1.165) is 0 Å². The van der Waals surface area contributed by atoms with Gasteiger partial charge in [-0.2, -0.15) is 0 Å². The van der Waals surface area contributed by atoms with Gasteiger partial charge >= 0.3 is 0 Å². The Morgan fingerprint density at radius 3 is 2.44 bits per heavy atom. The number of rotatable bonds is 4. The number of alkyl halides is 2. The Balaban J connectivity index is 2.66. The Kier molecular flexibility index (Phi) is 3.51. The van der Waals surface area contributed by atoms with Crippen LogP contribution >= 0.6 is 12.2 Å². The predicted molar refractivity (Wildman–Crippen MR) is 66.2 cm³/mol. The third kappa shape index (κ3) is 2.17. The fraction of sp³-hybridized carbons (Fsp3) is 0.364. The number of methoxy groups -OCH3 is 2. The van der Waals surface area contributed by atoms with E-state index < -0.39 is 13.0 Å². The van der Waals surface area contributed by atoms with Crippen molar-refractivity contribution in [2.24, 2.45) is 0 Å². The summed E-state index contributed by atoms with van der Waals surface area (Å²) in [5.74, 6) is 0.993. The van der Waals surface area contributed by atoms with Gasteiger partial charge in [-0.15, -0.1) is 0 Å². The van der Waals surface area contributed by atoms with E-state index in [0.29, 0.717) is 22.5 Å². The summed E-state index contributed by atoms with van der Waals surface area (Å²) in [5, 5.41) is 0. The lowest BCUT2D eigenvalue weighted by molar-refractivity contribution is 0.127. The van der Waals surface area contributed by atoms with Crippen LogP contribution in [0.3, 0.4) is 0 Å². The molecule has 1 aromatic carbocycles. The molecule has 4 nitrogen and oxygen atoms in total. The Morgan fingerprint density at radius 2 is 1.89 bits per heavy atom. The van der Waals surface area contributed by atoms with E-state index in [9.17, 15) is 8.78 Å². The van der Waals surface area contributed by atoms with E-state index in [1.165, 1.54) is 18.8 Å². The summed E-state index contributed by atoms with van der Waals surface area (Å²) in [5.41, 5.74) is 1.20. The number of fused-ring (bicyclic) bond motifs is 1. The van der Waals surface area contributed by atoms with E-state index in [4.69, 9.17) is 21.7 Å². The lowest BCUT2D eigenvalue weighted by Crippen LogP contribution is -2.06. The number of hydrogen-bond donors (Lipinski definition) is 1. The average Bonchev–Trinajstić information content (AvgIpc) is 2.63. The molecule has 7 heteroatoms. The molecule has 0 radical (unpaired) electrons.